The molecule has 0 spiro atoms. The predicted molar refractivity (Wildman–Crippen MR) is 92.0 cm³/mol. The van der Waals surface area contributed by atoms with Gasteiger partial charge < -0.3 is 9.47 Å². The molecule has 0 aromatic heterocycles. The molecule has 0 bridgehead atoms. The van der Waals surface area contributed by atoms with Gasteiger partial charge in [0.2, 0.25) is 12.0 Å². The van der Waals surface area contributed by atoms with Crippen LogP contribution in [-0.4, -0.2) is 35.5 Å². The molecule has 24 heavy (non-hydrogen) atoms. The molecular weight excluding hydrogens is 328 g/mol. The van der Waals surface area contributed by atoms with Gasteiger partial charge in [0.05, 0.1) is 5.75 Å². The lowest BCUT2D eigenvalue weighted by atomic mass is 10.0. The Bertz CT molecular complexity index is 590. The maximum absolute atomic E-state index is 12.1. The van der Waals surface area contributed by atoms with Gasteiger partial charge in [-0.3, -0.25) is 20.4 Å². The van der Waals surface area contributed by atoms with Gasteiger partial charge in [0, 0.05) is 5.25 Å². The Morgan fingerprint density at radius 3 is 2.62 bits per heavy atom. The molecule has 2 aliphatic rings. The van der Waals surface area contributed by atoms with Gasteiger partial charge in [-0.2, -0.15) is 0 Å². The maximum atomic E-state index is 12.1. The third kappa shape index (κ3) is 4.56. The van der Waals surface area contributed by atoms with Crippen molar-refractivity contribution in [1.29, 1.82) is 0 Å². The number of hydrogen-bond donors (Lipinski definition) is 2. The number of hydrazine groups is 1. The summed E-state index contributed by atoms with van der Waals surface area (Å²) >= 11 is 1.66. The molecule has 1 saturated carbocycles. The van der Waals surface area contributed by atoms with E-state index < -0.39 is 12.0 Å². The third-order valence-corrected chi connectivity index (χ3v) is 5.50. The van der Waals surface area contributed by atoms with Crippen molar-refractivity contribution in [3.8, 4) is 11.5 Å². The predicted octanol–water partition coefficient (Wildman–Crippen LogP) is 2.04. The maximum Gasteiger partial charge on any atom is 0.283 e. The van der Waals surface area contributed by atoms with Crippen molar-refractivity contribution in [2.45, 2.75) is 43.5 Å². The van der Waals surface area contributed by atoms with Gasteiger partial charge in [0.1, 0.15) is 6.61 Å². The first-order valence-electron chi connectivity index (χ1n) is 8.31. The monoisotopic (exact) mass is 350 g/mol. The van der Waals surface area contributed by atoms with Crippen LogP contribution in [0, 0.1) is 0 Å². The first-order valence-corrected chi connectivity index (χ1v) is 9.36. The Morgan fingerprint density at radius 2 is 1.83 bits per heavy atom. The van der Waals surface area contributed by atoms with Crippen molar-refractivity contribution in [3.63, 3.8) is 0 Å². The Labute approximate surface area is 145 Å². The summed E-state index contributed by atoms with van der Waals surface area (Å²) in [4.78, 5) is 23.9. The number of ether oxygens (including phenoxy) is 2. The molecular formula is C17H22N2O4S. The highest BCUT2D eigenvalue weighted by atomic mass is 32.2. The highest BCUT2D eigenvalue weighted by molar-refractivity contribution is 8.00. The van der Waals surface area contributed by atoms with Crippen LogP contribution in [0.4, 0.5) is 0 Å². The number of para-hydroxylation sites is 2. The van der Waals surface area contributed by atoms with E-state index in [9.17, 15) is 9.59 Å². The van der Waals surface area contributed by atoms with E-state index in [1.807, 2.05) is 12.1 Å². The van der Waals surface area contributed by atoms with Crippen LogP contribution in [0.3, 0.4) is 0 Å². The smallest absolute Gasteiger partial charge is 0.283 e. The normalized spacial score (nSPS) is 20.2. The number of carbonyl (C=O) groups is 2. The standard InChI is InChI=1S/C17H22N2O4S/c20-16(11-24-12-6-2-1-3-7-12)18-19-17(21)15-10-22-13-8-4-5-9-14(13)23-15/h4-5,8-9,12,15H,1-3,6-7,10-11H2,(H,18,20)(H,19,21)/t15-/m1/s1. The second-order valence-corrected chi connectivity index (χ2v) is 7.26. The summed E-state index contributed by atoms with van der Waals surface area (Å²) in [5, 5.41) is 0.562. The number of amides is 2. The molecule has 1 aromatic rings. The van der Waals surface area contributed by atoms with Crippen molar-refractivity contribution in [1.82, 2.24) is 10.9 Å². The number of thioether (sulfide) groups is 1. The lowest BCUT2D eigenvalue weighted by Gasteiger charge is -2.25. The molecule has 2 N–H and O–H groups in total. The molecule has 2 amide bonds. The zero-order chi connectivity index (χ0) is 16.8. The Kier molecular flexibility index (Phi) is 5.85. The van der Waals surface area contributed by atoms with Gasteiger partial charge in [-0.1, -0.05) is 31.4 Å². The molecule has 6 nitrogen and oxygen atoms in total. The molecule has 0 radical (unpaired) electrons. The third-order valence-electron chi connectivity index (χ3n) is 4.13. The van der Waals surface area contributed by atoms with Crippen LogP contribution in [0.1, 0.15) is 32.1 Å². The van der Waals surface area contributed by atoms with E-state index in [1.54, 1.807) is 23.9 Å². The quantitative estimate of drug-likeness (QED) is 0.813. The van der Waals surface area contributed by atoms with Crippen molar-refractivity contribution >= 4 is 23.6 Å². The largest absolute Gasteiger partial charge is 0.485 e. The highest BCUT2D eigenvalue weighted by Crippen LogP contribution is 2.31. The number of carbonyl (C=O) groups excluding carboxylic acids is 2. The molecule has 7 heteroatoms. The van der Waals surface area contributed by atoms with Gasteiger partial charge in [-0.05, 0) is 25.0 Å². The Balaban J connectivity index is 1.38. The fourth-order valence-corrected chi connectivity index (χ4v) is 3.95. The van der Waals surface area contributed by atoms with Crippen LogP contribution >= 0.6 is 11.8 Å². The van der Waals surface area contributed by atoms with E-state index in [0.29, 0.717) is 22.5 Å². The number of fused-ring (bicyclic) bond motifs is 1. The molecule has 0 unspecified atom stereocenters. The van der Waals surface area contributed by atoms with Crippen molar-refractivity contribution < 1.29 is 19.1 Å². The second-order valence-electron chi connectivity index (χ2n) is 5.97. The van der Waals surface area contributed by atoms with Gasteiger partial charge in [-0.15, -0.1) is 11.8 Å². The lowest BCUT2D eigenvalue weighted by Crippen LogP contribution is -2.51. The van der Waals surface area contributed by atoms with Crippen LogP contribution in [-0.2, 0) is 9.59 Å². The summed E-state index contributed by atoms with van der Waals surface area (Å²) in [6.45, 7) is 0.121. The highest BCUT2D eigenvalue weighted by Gasteiger charge is 2.27. The summed E-state index contributed by atoms with van der Waals surface area (Å²) in [5.41, 5.74) is 4.86. The first-order chi connectivity index (χ1) is 11.7. The average molecular weight is 350 g/mol. The summed E-state index contributed by atoms with van der Waals surface area (Å²) in [6.07, 6.45) is 5.37. The van der Waals surface area contributed by atoms with Crippen molar-refractivity contribution in [2.75, 3.05) is 12.4 Å². The number of hydrogen-bond acceptors (Lipinski definition) is 5. The van der Waals surface area contributed by atoms with Crippen LogP contribution in [0.15, 0.2) is 24.3 Å². The molecule has 1 atom stereocenters. The summed E-state index contributed by atoms with van der Waals surface area (Å²) in [6, 6.07) is 7.18. The molecule has 130 valence electrons. The minimum absolute atomic E-state index is 0.121. The van der Waals surface area contributed by atoms with E-state index in [4.69, 9.17) is 9.47 Å². The molecule has 3 rings (SSSR count). The number of nitrogens with one attached hydrogen (secondary N) is 2. The van der Waals surface area contributed by atoms with E-state index >= 15 is 0 Å². The average Bonchev–Trinajstić information content (AvgIpc) is 2.65. The van der Waals surface area contributed by atoms with Crippen molar-refractivity contribution in [3.05, 3.63) is 24.3 Å². The minimum Gasteiger partial charge on any atom is -0.485 e. The fourth-order valence-electron chi connectivity index (χ4n) is 2.82. The van der Waals surface area contributed by atoms with E-state index in [2.05, 4.69) is 10.9 Å². The van der Waals surface area contributed by atoms with Gasteiger partial charge in [0.25, 0.3) is 5.91 Å². The van der Waals surface area contributed by atoms with Gasteiger partial charge in [-0.25, -0.2) is 0 Å². The molecule has 1 aromatic carbocycles. The fraction of sp³-hybridized carbons (Fsp3) is 0.529. The van der Waals surface area contributed by atoms with Crippen molar-refractivity contribution in [2.24, 2.45) is 0 Å². The van der Waals surface area contributed by atoms with Gasteiger partial charge in [0.15, 0.2) is 11.5 Å². The van der Waals surface area contributed by atoms with Gasteiger partial charge >= 0.3 is 0 Å². The lowest BCUT2D eigenvalue weighted by molar-refractivity contribution is -0.134. The van der Waals surface area contributed by atoms with Crippen LogP contribution in [0.25, 0.3) is 0 Å². The molecule has 1 aliphatic carbocycles. The van der Waals surface area contributed by atoms with Crippen LogP contribution in [0.2, 0.25) is 0 Å². The summed E-state index contributed by atoms with van der Waals surface area (Å²) in [7, 11) is 0. The zero-order valence-corrected chi connectivity index (χ0v) is 14.3. The molecule has 1 aliphatic heterocycles. The first kappa shape index (κ1) is 17.0. The molecule has 1 heterocycles. The zero-order valence-electron chi connectivity index (χ0n) is 13.5. The molecule has 1 fully saturated rings. The Morgan fingerprint density at radius 1 is 1.08 bits per heavy atom. The second kappa shape index (κ2) is 8.28. The summed E-state index contributed by atoms with van der Waals surface area (Å²) in [5.74, 6) is 0.893. The minimum atomic E-state index is -0.772. The van der Waals surface area contributed by atoms with Crippen LogP contribution in [0.5, 0.6) is 11.5 Å². The number of rotatable bonds is 4. The summed E-state index contributed by atoms with van der Waals surface area (Å²) < 4.78 is 11.1. The Hall–Kier alpha value is -1.89. The van der Waals surface area contributed by atoms with E-state index in [-0.39, 0.29) is 12.5 Å². The molecule has 0 saturated heterocycles. The van der Waals surface area contributed by atoms with E-state index in [1.165, 1.54) is 32.1 Å². The van der Waals surface area contributed by atoms with E-state index in [0.717, 1.165) is 0 Å². The SMILES string of the molecule is O=C(CSC1CCCCC1)NNC(=O)[C@H]1COc2ccccc2O1. The van der Waals surface area contributed by atoms with Crippen LogP contribution < -0.4 is 20.3 Å². The topological polar surface area (TPSA) is 76.7 Å². The number of benzene rings is 1.